The molecule has 1 N–H and O–H groups in total. The molecule has 0 spiro atoms. The second kappa shape index (κ2) is 8.11. The number of hydrogen-bond donors (Lipinski definition) is 1. The van der Waals surface area contributed by atoms with Gasteiger partial charge in [0.15, 0.2) is 0 Å². The number of anilines is 1. The average molecular weight is 406 g/mol. The highest BCUT2D eigenvalue weighted by Crippen LogP contribution is 2.34. The summed E-state index contributed by atoms with van der Waals surface area (Å²) in [5.74, 6) is 0.483. The third kappa shape index (κ3) is 4.07. The minimum atomic E-state index is -3.96. The first-order valence-electron chi connectivity index (χ1n) is 8.95. The minimum Gasteiger partial charge on any atom is -0.463 e. The van der Waals surface area contributed by atoms with Gasteiger partial charge in [0.2, 0.25) is 10.0 Å². The van der Waals surface area contributed by atoms with Crippen molar-refractivity contribution in [3.8, 4) is 0 Å². The third-order valence-corrected chi connectivity index (χ3v) is 6.93. The average Bonchev–Trinajstić information content (AvgIpc) is 3.14. The topological polar surface area (TPSA) is 118 Å². The Labute approximate surface area is 163 Å². The molecule has 0 aliphatic carbocycles. The largest absolute Gasteiger partial charge is 0.463 e. The van der Waals surface area contributed by atoms with Crippen LogP contribution in [0, 0.1) is 10.1 Å². The predicted octanol–water partition coefficient (Wildman–Crippen LogP) is 3.59. The molecule has 1 aromatic heterocycles. The molecule has 0 radical (unpaired) electrons. The Morgan fingerprint density at radius 1 is 1.29 bits per heavy atom. The predicted molar refractivity (Wildman–Crippen MR) is 105 cm³/mol. The van der Waals surface area contributed by atoms with Crippen molar-refractivity contribution in [3.05, 3.63) is 52.5 Å². The van der Waals surface area contributed by atoms with Crippen LogP contribution in [0.4, 0.5) is 11.4 Å². The van der Waals surface area contributed by atoms with Crippen molar-refractivity contribution in [2.75, 3.05) is 5.43 Å². The van der Waals surface area contributed by atoms with Gasteiger partial charge in [-0.3, -0.25) is 15.5 Å². The number of nitro groups is 1. The van der Waals surface area contributed by atoms with Gasteiger partial charge in [0.05, 0.1) is 23.1 Å². The molecule has 3 rings (SSSR count). The maximum Gasteiger partial charge on any atom is 0.270 e. The fourth-order valence-corrected chi connectivity index (χ4v) is 5.49. The van der Waals surface area contributed by atoms with E-state index in [2.05, 4.69) is 10.5 Å². The summed E-state index contributed by atoms with van der Waals surface area (Å²) in [5, 5.41) is 15.2. The highest BCUT2D eigenvalue weighted by atomic mass is 32.2. The van der Waals surface area contributed by atoms with E-state index in [1.807, 2.05) is 13.8 Å². The van der Waals surface area contributed by atoms with Gasteiger partial charge in [-0.2, -0.15) is 9.41 Å². The molecule has 28 heavy (non-hydrogen) atoms. The van der Waals surface area contributed by atoms with Gasteiger partial charge < -0.3 is 4.42 Å². The molecule has 2 aromatic rings. The van der Waals surface area contributed by atoms with Crippen molar-refractivity contribution in [2.45, 2.75) is 50.1 Å². The SMILES string of the molecule is C[C@@H]1CCC[C@@H](C)N1S(=O)(=O)c1cc([N+](=O)[O-])ccc1N/N=C\c1ccco1. The van der Waals surface area contributed by atoms with Crippen molar-refractivity contribution in [1.82, 2.24) is 4.31 Å². The number of nitro benzene ring substituents is 1. The Hall–Kier alpha value is -2.72. The number of benzene rings is 1. The Kier molecular flexibility index (Phi) is 5.80. The van der Waals surface area contributed by atoms with E-state index in [0.717, 1.165) is 25.3 Å². The lowest BCUT2D eigenvalue weighted by molar-refractivity contribution is -0.385. The third-order valence-electron chi connectivity index (χ3n) is 4.76. The number of furan rings is 1. The zero-order valence-electron chi connectivity index (χ0n) is 15.6. The Balaban J connectivity index is 2.00. The van der Waals surface area contributed by atoms with Crippen molar-refractivity contribution < 1.29 is 17.8 Å². The first-order valence-corrected chi connectivity index (χ1v) is 10.4. The maximum absolute atomic E-state index is 13.4. The minimum absolute atomic E-state index is 0.165. The van der Waals surface area contributed by atoms with Gasteiger partial charge >= 0.3 is 0 Å². The Bertz CT molecular complexity index is 962. The van der Waals surface area contributed by atoms with Crippen LogP contribution >= 0.6 is 0 Å². The van der Waals surface area contributed by atoms with Gasteiger partial charge in [0, 0.05) is 24.2 Å². The zero-order chi connectivity index (χ0) is 20.3. The molecule has 1 aliphatic rings. The molecule has 0 amide bonds. The molecule has 2 heterocycles. The molecule has 10 heteroatoms. The van der Waals surface area contributed by atoms with Crippen molar-refractivity contribution >= 4 is 27.6 Å². The van der Waals surface area contributed by atoms with Gasteiger partial charge in [0.25, 0.3) is 5.69 Å². The highest BCUT2D eigenvalue weighted by Gasteiger charge is 2.37. The molecular formula is C18H22N4O5S. The molecule has 1 aromatic carbocycles. The van der Waals surface area contributed by atoms with E-state index in [-0.39, 0.29) is 28.4 Å². The number of nitrogens with one attached hydrogen (secondary N) is 1. The summed E-state index contributed by atoms with van der Waals surface area (Å²) in [5.41, 5.74) is 2.54. The number of hydrazone groups is 1. The summed E-state index contributed by atoms with van der Waals surface area (Å²) in [6.45, 7) is 3.71. The lowest BCUT2D eigenvalue weighted by Gasteiger charge is -2.37. The molecule has 1 saturated heterocycles. The van der Waals surface area contributed by atoms with Crippen LogP contribution < -0.4 is 5.43 Å². The van der Waals surface area contributed by atoms with Crippen LogP contribution in [0.2, 0.25) is 0 Å². The van der Waals surface area contributed by atoms with Gasteiger partial charge in [-0.05, 0) is 44.9 Å². The molecule has 150 valence electrons. The number of non-ortho nitro benzene ring substituents is 1. The van der Waals surface area contributed by atoms with E-state index < -0.39 is 14.9 Å². The van der Waals surface area contributed by atoms with E-state index in [1.54, 1.807) is 12.1 Å². The molecule has 0 unspecified atom stereocenters. The summed E-state index contributed by atoms with van der Waals surface area (Å²) in [6, 6.07) is 6.68. The maximum atomic E-state index is 13.4. The number of hydrogen-bond acceptors (Lipinski definition) is 7. The van der Waals surface area contributed by atoms with Crippen LogP contribution in [0.1, 0.15) is 38.9 Å². The van der Waals surface area contributed by atoms with Crippen LogP contribution in [0.3, 0.4) is 0 Å². The fraction of sp³-hybridized carbons (Fsp3) is 0.389. The fourth-order valence-electron chi connectivity index (χ4n) is 3.45. The van der Waals surface area contributed by atoms with Gasteiger partial charge in [-0.15, -0.1) is 0 Å². The second-order valence-corrected chi connectivity index (χ2v) is 8.60. The normalized spacial score (nSPS) is 21.1. The number of nitrogens with zero attached hydrogens (tertiary/aromatic N) is 3. The van der Waals surface area contributed by atoms with Crippen LogP contribution in [0.25, 0.3) is 0 Å². The summed E-state index contributed by atoms with van der Waals surface area (Å²) in [7, 11) is -3.96. The highest BCUT2D eigenvalue weighted by molar-refractivity contribution is 7.89. The first kappa shape index (κ1) is 20.0. The number of sulfonamides is 1. The summed E-state index contributed by atoms with van der Waals surface area (Å²) in [6.07, 6.45) is 5.32. The molecular weight excluding hydrogens is 384 g/mol. The van der Waals surface area contributed by atoms with Crippen molar-refractivity contribution in [3.63, 3.8) is 0 Å². The Morgan fingerprint density at radius 3 is 2.61 bits per heavy atom. The van der Waals surface area contributed by atoms with Gasteiger partial charge in [-0.1, -0.05) is 6.42 Å². The number of rotatable bonds is 6. The lowest BCUT2D eigenvalue weighted by atomic mass is 10.0. The molecule has 2 atom stereocenters. The summed E-state index contributed by atoms with van der Waals surface area (Å²) >= 11 is 0. The summed E-state index contributed by atoms with van der Waals surface area (Å²) < 4.78 is 33.4. The van der Waals surface area contributed by atoms with Crippen molar-refractivity contribution in [1.29, 1.82) is 0 Å². The van der Waals surface area contributed by atoms with Crippen molar-refractivity contribution in [2.24, 2.45) is 5.10 Å². The van der Waals surface area contributed by atoms with Crippen LogP contribution in [0.5, 0.6) is 0 Å². The molecule has 1 fully saturated rings. The van der Waals surface area contributed by atoms with E-state index >= 15 is 0 Å². The smallest absolute Gasteiger partial charge is 0.270 e. The van der Waals surface area contributed by atoms with E-state index in [1.165, 1.54) is 28.9 Å². The second-order valence-electron chi connectivity index (χ2n) is 6.79. The lowest BCUT2D eigenvalue weighted by Crippen LogP contribution is -2.47. The first-order chi connectivity index (χ1) is 13.3. The van der Waals surface area contributed by atoms with Crippen LogP contribution in [-0.4, -0.2) is 35.9 Å². The van der Waals surface area contributed by atoms with Gasteiger partial charge in [-0.25, -0.2) is 8.42 Å². The molecule has 0 bridgehead atoms. The quantitative estimate of drug-likeness (QED) is 0.445. The van der Waals surface area contributed by atoms with E-state index in [9.17, 15) is 18.5 Å². The molecule has 1 aliphatic heterocycles. The van der Waals surface area contributed by atoms with Crippen LogP contribution in [-0.2, 0) is 10.0 Å². The van der Waals surface area contributed by atoms with Crippen LogP contribution in [0.15, 0.2) is 51.0 Å². The molecule has 9 nitrogen and oxygen atoms in total. The van der Waals surface area contributed by atoms with E-state index in [0.29, 0.717) is 5.76 Å². The Morgan fingerprint density at radius 2 is 2.00 bits per heavy atom. The number of piperidine rings is 1. The monoisotopic (exact) mass is 406 g/mol. The van der Waals surface area contributed by atoms with E-state index in [4.69, 9.17) is 4.42 Å². The van der Waals surface area contributed by atoms with Gasteiger partial charge in [0.1, 0.15) is 10.7 Å². The molecule has 0 saturated carbocycles. The standard InChI is InChI=1S/C18H22N4O5S/c1-13-5-3-6-14(2)21(13)28(25,26)18-11-15(22(23)24)8-9-17(18)20-19-12-16-7-4-10-27-16/h4,7-14,20H,3,5-6H2,1-2H3/b19-12-/t13-,14-/m1/s1. The summed E-state index contributed by atoms with van der Waals surface area (Å²) in [4.78, 5) is 10.4. The zero-order valence-corrected chi connectivity index (χ0v) is 16.4.